The summed E-state index contributed by atoms with van der Waals surface area (Å²) in [5, 5.41) is 10.2. The van der Waals surface area contributed by atoms with Crippen molar-refractivity contribution in [2.24, 2.45) is 0 Å². The van der Waals surface area contributed by atoms with Gasteiger partial charge in [-0.3, -0.25) is 0 Å². The van der Waals surface area contributed by atoms with Crippen LogP contribution < -0.4 is 10.6 Å². The molecule has 2 N–H and O–H groups in total. The highest BCUT2D eigenvalue weighted by Gasteiger charge is 2.05. The molecule has 0 fully saturated rings. The van der Waals surface area contributed by atoms with Crippen molar-refractivity contribution in [3.8, 4) is 0 Å². The zero-order valence-corrected chi connectivity index (χ0v) is 12.2. The third-order valence-electron chi connectivity index (χ3n) is 2.80. The molecule has 0 amide bonds. The third kappa shape index (κ3) is 4.22. The molecule has 0 aliphatic carbocycles. The molecule has 6 heteroatoms. The molecule has 0 saturated carbocycles. The van der Waals surface area contributed by atoms with Gasteiger partial charge in [-0.25, -0.2) is 4.98 Å². The van der Waals surface area contributed by atoms with E-state index < -0.39 is 0 Å². The lowest BCUT2D eigenvalue weighted by atomic mass is 10.2. The van der Waals surface area contributed by atoms with Crippen molar-refractivity contribution in [2.45, 2.75) is 40.0 Å². The smallest absolute Gasteiger partial charge is 0.224 e. The van der Waals surface area contributed by atoms with Gasteiger partial charge in [-0.2, -0.15) is 4.98 Å². The Labute approximate surface area is 119 Å². The molecular formula is C14H21N5O. The minimum absolute atomic E-state index is 0.642. The molecule has 2 aromatic heterocycles. The van der Waals surface area contributed by atoms with Crippen LogP contribution in [0.1, 0.15) is 37.6 Å². The topological polar surface area (TPSA) is 75.9 Å². The number of rotatable bonds is 7. The number of hydrogen-bond acceptors (Lipinski definition) is 6. The Kier molecular flexibility index (Phi) is 4.92. The largest absolute Gasteiger partial charge is 0.360 e. The predicted octanol–water partition coefficient (Wildman–Crippen LogP) is 3.43. The van der Waals surface area contributed by atoms with Gasteiger partial charge in [0.2, 0.25) is 5.95 Å². The molecule has 0 saturated heterocycles. The third-order valence-corrected chi connectivity index (χ3v) is 2.80. The summed E-state index contributed by atoms with van der Waals surface area (Å²) in [4.78, 5) is 8.79. The van der Waals surface area contributed by atoms with E-state index >= 15 is 0 Å². The van der Waals surface area contributed by atoms with E-state index in [1.54, 1.807) is 0 Å². The van der Waals surface area contributed by atoms with Crippen molar-refractivity contribution < 1.29 is 4.52 Å². The van der Waals surface area contributed by atoms with Crippen molar-refractivity contribution in [2.75, 3.05) is 17.2 Å². The predicted molar refractivity (Wildman–Crippen MR) is 79.3 cm³/mol. The van der Waals surface area contributed by atoms with Crippen LogP contribution in [0.2, 0.25) is 0 Å². The maximum Gasteiger partial charge on any atom is 0.224 e. The van der Waals surface area contributed by atoms with Crippen LogP contribution in [0.3, 0.4) is 0 Å². The van der Waals surface area contributed by atoms with Crippen LogP contribution in [-0.4, -0.2) is 21.7 Å². The zero-order valence-electron chi connectivity index (χ0n) is 12.2. The normalized spacial score (nSPS) is 10.6. The standard InChI is InChI=1S/C14H21N5O/c1-4-5-6-7-15-14-16-10(2)8-12(18-14)17-13-9-11(3)20-19-13/h8-9H,4-7H2,1-3H3,(H2,15,16,17,18,19). The van der Waals surface area contributed by atoms with Crippen molar-refractivity contribution >= 4 is 17.6 Å². The zero-order chi connectivity index (χ0) is 14.4. The van der Waals surface area contributed by atoms with Crippen LogP contribution in [-0.2, 0) is 0 Å². The van der Waals surface area contributed by atoms with Crippen LogP contribution in [0.5, 0.6) is 0 Å². The molecule has 2 aromatic rings. The minimum Gasteiger partial charge on any atom is -0.360 e. The SMILES string of the molecule is CCCCCNc1nc(C)cc(Nc2cc(C)on2)n1. The summed E-state index contributed by atoms with van der Waals surface area (Å²) < 4.78 is 5.02. The second-order valence-electron chi connectivity index (χ2n) is 4.80. The number of nitrogens with zero attached hydrogens (tertiary/aromatic N) is 3. The first-order valence-electron chi connectivity index (χ1n) is 6.97. The van der Waals surface area contributed by atoms with Gasteiger partial charge in [0, 0.05) is 24.4 Å². The molecule has 2 rings (SSSR count). The summed E-state index contributed by atoms with van der Waals surface area (Å²) in [5.74, 6) is 2.77. The Hall–Kier alpha value is -2.11. The lowest BCUT2D eigenvalue weighted by Gasteiger charge is -2.08. The number of unbranched alkanes of at least 4 members (excludes halogenated alkanes) is 2. The quantitative estimate of drug-likeness (QED) is 0.754. The molecule has 0 spiro atoms. The summed E-state index contributed by atoms with van der Waals surface area (Å²) in [7, 11) is 0. The number of anilines is 3. The minimum atomic E-state index is 0.642. The molecule has 0 atom stereocenters. The van der Waals surface area contributed by atoms with E-state index in [1.165, 1.54) is 12.8 Å². The highest BCUT2D eigenvalue weighted by Crippen LogP contribution is 2.16. The van der Waals surface area contributed by atoms with Crippen molar-refractivity contribution in [3.05, 3.63) is 23.6 Å². The van der Waals surface area contributed by atoms with Crippen LogP contribution in [0.15, 0.2) is 16.7 Å². The lowest BCUT2D eigenvalue weighted by Crippen LogP contribution is -2.07. The van der Waals surface area contributed by atoms with Crippen LogP contribution in [0.25, 0.3) is 0 Å². The molecule has 0 bridgehead atoms. The average Bonchev–Trinajstić information content (AvgIpc) is 2.79. The Morgan fingerprint density at radius 2 is 1.95 bits per heavy atom. The summed E-state index contributed by atoms with van der Waals surface area (Å²) in [5.41, 5.74) is 0.903. The van der Waals surface area contributed by atoms with Gasteiger partial charge >= 0.3 is 0 Å². The van der Waals surface area contributed by atoms with E-state index in [0.29, 0.717) is 17.6 Å². The van der Waals surface area contributed by atoms with E-state index in [-0.39, 0.29) is 0 Å². The second-order valence-corrected chi connectivity index (χ2v) is 4.80. The number of nitrogens with one attached hydrogen (secondary N) is 2. The summed E-state index contributed by atoms with van der Waals surface area (Å²) in [6.07, 6.45) is 3.54. The number of hydrogen-bond donors (Lipinski definition) is 2. The van der Waals surface area contributed by atoms with E-state index in [9.17, 15) is 0 Å². The Morgan fingerprint density at radius 1 is 1.10 bits per heavy atom. The van der Waals surface area contributed by atoms with Gasteiger partial charge in [0.25, 0.3) is 0 Å². The lowest BCUT2D eigenvalue weighted by molar-refractivity contribution is 0.400. The van der Waals surface area contributed by atoms with E-state index in [2.05, 4.69) is 32.7 Å². The number of aryl methyl sites for hydroxylation is 2. The molecule has 0 radical (unpaired) electrons. The van der Waals surface area contributed by atoms with E-state index in [4.69, 9.17) is 4.52 Å². The van der Waals surface area contributed by atoms with Gasteiger partial charge in [0.15, 0.2) is 5.82 Å². The van der Waals surface area contributed by atoms with Gasteiger partial charge in [-0.1, -0.05) is 24.9 Å². The van der Waals surface area contributed by atoms with Crippen LogP contribution in [0.4, 0.5) is 17.6 Å². The van der Waals surface area contributed by atoms with Crippen molar-refractivity contribution in [1.29, 1.82) is 0 Å². The first-order valence-corrected chi connectivity index (χ1v) is 6.97. The fraction of sp³-hybridized carbons (Fsp3) is 0.500. The molecule has 20 heavy (non-hydrogen) atoms. The molecule has 0 aromatic carbocycles. The van der Waals surface area contributed by atoms with E-state index in [1.807, 2.05) is 26.0 Å². The summed E-state index contributed by atoms with van der Waals surface area (Å²) in [6.45, 7) is 6.87. The molecular weight excluding hydrogens is 254 g/mol. The summed E-state index contributed by atoms with van der Waals surface area (Å²) in [6, 6.07) is 3.70. The monoisotopic (exact) mass is 275 g/mol. The number of aromatic nitrogens is 3. The van der Waals surface area contributed by atoms with Gasteiger partial charge in [-0.05, 0) is 20.3 Å². The molecule has 108 valence electrons. The maximum absolute atomic E-state index is 5.02. The molecule has 0 unspecified atom stereocenters. The van der Waals surface area contributed by atoms with Crippen molar-refractivity contribution in [1.82, 2.24) is 15.1 Å². The molecule has 6 nitrogen and oxygen atoms in total. The molecule has 2 heterocycles. The van der Waals surface area contributed by atoms with Gasteiger partial charge in [-0.15, -0.1) is 0 Å². The van der Waals surface area contributed by atoms with E-state index in [0.717, 1.165) is 24.4 Å². The van der Waals surface area contributed by atoms with Crippen molar-refractivity contribution in [3.63, 3.8) is 0 Å². The Bertz CT molecular complexity index is 552. The van der Waals surface area contributed by atoms with Crippen LogP contribution >= 0.6 is 0 Å². The first-order chi connectivity index (χ1) is 9.67. The average molecular weight is 275 g/mol. The highest BCUT2D eigenvalue weighted by atomic mass is 16.5. The summed E-state index contributed by atoms with van der Waals surface area (Å²) >= 11 is 0. The fourth-order valence-electron chi connectivity index (χ4n) is 1.84. The Balaban J connectivity index is 2.00. The molecule has 0 aliphatic rings. The van der Waals surface area contributed by atoms with Gasteiger partial charge in [0.05, 0.1) is 0 Å². The van der Waals surface area contributed by atoms with Gasteiger partial charge < -0.3 is 15.2 Å². The second kappa shape index (κ2) is 6.88. The first kappa shape index (κ1) is 14.3. The molecule has 0 aliphatic heterocycles. The maximum atomic E-state index is 5.02. The van der Waals surface area contributed by atoms with Crippen LogP contribution in [0, 0.1) is 13.8 Å². The highest BCUT2D eigenvalue weighted by molar-refractivity contribution is 5.53. The Morgan fingerprint density at radius 3 is 2.65 bits per heavy atom. The van der Waals surface area contributed by atoms with Gasteiger partial charge in [0.1, 0.15) is 11.6 Å². The fourth-order valence-corrected chi connectivity index (χ4v) is 1.84.